The maximum Gasteiger partial charge on any atom is 0.419 e. The van der Waals surface area contributed by atoms with E-state index in [2.05, 4.69) is 20.4 Å². The summed E-state index contributed by atoms with van der Waals surface area (Å²) in [7, 11) is 0. The summed E-state index contributed by atoms with van der Waals surface area (Å²) in [5, 5.41) is 6.37. The number of ether oxygens (including phenoxy) is 1. The molecule has 0 saturated heterocycles. The molecule has 8 nitrogen and oxygen atoms in total. The molecule has 0 aliphatic rings. The minimum absolute atomic E-state index is 0.0334. The number of anilines is 2. The lowest BCUT2D eigenvalue weighted by atomic mass is 10.1. The molecule has 158 valence electrons. The van der Waals surface area contributed by atoms with E-state index in [4.69, 9.17) is 10.5 Å². The van der Waals surface area contributed by atoms with E-state index < -0.39 is 23.5 Å². The Kier molecular flexibility index (Phi) is 4.89. The average molecular weight is 432 g/mol. The number of pyridine rings is 1. The predicted molar refractivity (Wildman–Crippen MR) is 101 cm³/mol. The van der Waals surface area contributed by atoms with Crippen LogP contribution in [0.5, 0.6) is 11.6 Å². The molecule has 3 heterocycles. The highest BCUT2D eigenvalue weighted by molar-refractivity contribution is 6.08. The number of nitrogens with two attached hydrogens (primary N) is 1. The summed E-state index contributed by atoms with van der Waals surface area (Å²) >= 11 is 0. The third-order valence-electron chi connectivity index (χ3n) is 4.13. The van der Waals surface area contributed by atoms with Gasteiger partial charge in [-0.1, -0.05) is 0 Å². The molecule has 0 unspecified atom stereocenters. The number of aromatic nitrogens is 4. The number of carbonyl (C=O) groups excluding carboxylic acids is 1. The third kappa shape index (κ3) is 4.22. The van der Waals surface area contributed by atoms with Gasteiger partial charge >= 0.3 is 6.18 Å². The van der Waals surface area contributed by atoms with Crippen molar-refractivity contribution in [1.29, 1.82) is 0 Å². The van der Waals surface area contributed by atoms with E-state index in [0.29, 0.717) is 23.4 Å². The van der Waals surface area contributed by atoms with Crippen molar-refractivity contribution < 1.29 is 27.1 Å². The largest absolute Gasteiger partial charge is 0.437 e. The van der Waals surface area contributed by atoms with E-state index in [1.165, 1.54) is 35.2 Å². The van der Waals surface area contributed by atoms with Crippen molar-refractivity contribution in [2.75, 3.05) is 11.1 Å². The third-order valence-corrected chi connectivity index (χ3v) is 4.13. The Morgan fingerprint density at radius 3 is 2.71 bits per heavy atom. The summed E-state index contributed by atoms with van der Waals surface area (Å²) in [5.41, 5.74) is 4.27. The van der Waals surface area contributed by atoms with Gasteiger partial charge < -0.3 is 15.8 Å². The molecule has 0 spiro atoms. The van der Waals surface area contributed by atoms with Gasteiger partial charge in [0.2, 0.25) is 11.8 Å². The van der Waals surface area contributed by atoms with Crippen LogP contribution >= 0.6 is 0 Å². The lowest BCUT2D eigenvalue weighted by Gasteiger charge is -2.11. The summed E-state index contributed by atoms with van der Waals surface area (Å²) in [6.45, 7) is 0. The second kappa shape index (κ2) is 7.55. The van der Waals surface area contributed by atoms with Crippen LogP contribution in [0.1, 0.15) is 15.9 Å². The molecular weight excluding hydrogens is 420 g/mol. The Morgan fingerprint density at radius 1 is 1.16 bits per heavy atom. The molecule has 0 radical (unpaired) electrons. The van der Waals surface area contributed by atoms with Crippen molar-refractivity contribution in [3.05, 3.63) is 71.9 Å². The van der Waals surface area contributed by atoms with Crippen LogP contribution in [0.15, 0.2) is 55.0 Å². The van der Waals surface area contributed by atoms with Crippen LogP contribution in [0, 0.1) is 5.82 Å². The second-order valence-corrected chi connectivity index (χ2v) is 6.25. The Labute approximate surface area is 171 Å². The number of rotatable bonds is 4. The molecule has 1 aromatic carbocycles. The molecular formula is C19H12F4N6O2. The summed E-state index contributed by atoms with van der Waals surface area (Å²) < 4.78 is 58.9. The van der Waals surface area contributed by atoms with Gasteiger partial charge in [0.1, 0.15) is 11.6 Å². The number of carbonyl (C=O) groups is 1. The summed E-state index contributed by atoms with van der Waals surface area (Å²) in [6.07, 6.45) is -0.748. The van der Waals surface area contributed by atoms with Crippen molar-refractivity contribution in [3.63, 3.8) is 0 Å². The normalized spacial score (nSPS) is 11.5. The van der Waals surface area contributed by atoms with E-state index in [-0.39, 0.29) is 23.1 Å². The molecule has 0 saturated carbocycles. The Hall–Kier alpha value is -4.22. The number of benzene rings is 1. The van der Waals surface area contributed by atoms with Gasteiger partial charge in [0, 0.05) is 18.0 Å². The number of nitrogens with one attached hydrogen (secondary N) is 1. The lowest BCUT2D eigenvalue weighted by molar-refractivity contribution is -0.139. The molecule has 0 aliphatic carbocycles. The van der Waals surface area contributed by atoms with E-state index in [1.54, 1.807) is 6.07 Å². The first-order chi connectivity index (χ1) is 14.7. The fourth-order valence-electron chi connectivity index (χ4n) is 2.75. The fourth-order valence-corrected chi connectivity index (χ4v) is 2.75. The minimum atomic E-state index is -4.89. The van der Waals surface area contributed by atoms with Crippen LogP contribution in [0.2, 0.25) is 0 Å². The molecule has 0 fully saturated rings. The summed E-state index contributed by atoms with van der Waals surface area (Å²) in [4.78, 5) is 20.2. The highest BCUT2D eigenvalue weighted by Gasteiger charge is 2.34. The topological polar surface area (TPSA) is 107 Å². The molecule has 0 aliphatic heterocycles. The smallest absolute Gasteiger partial charge is 0.419 e. The molecule has 3 N–H and O–H groups in total. The van der Waals surface area contributed by atoms with Crippen molar-refractivity contribution in [2.45, 2.75) is 6.18 Å². The quantitative estimate of drug-likeness (QED) is 0.474. The zero-order valence-corrected chi connectivity index (χ0v) is 15.4. The van der Waals surface area contributed by atoms with Gasteiger partial charge in [-0.25, -0.2) is 13.9 Å². The lowest BCUT2D eigenvalue weighted by Crippen LogP contribution is -2.14. The highest BCUT2D eigenvalue weighted by Crippen LogP contribution is 2.33. The van der Waals surface area contributed by atoms with Gasteiger partial charge in [0.05, 0.1) is 29.0 Å². The number of halogens is 4. The van der Waals surface area contributed by atoms with Crippen molar-refractivity contribution in [1.82, 2.24) is 19.6 Å². The van der Waals surface area contributed by atoms with E-state index in [9.17, 15) is 22.4 Å². The van der Waals surface area contributed by atoms with E-state index in [0.717, 1.165) is 6.07 Å². The van der Waals surface area contributed by atoms with Gasteiger partial charge in [-0.05, 0) is 30.3 Å². The SMILES string of the molecule is Nc1nccc(Oc2ccc3c(C(=O)Nc4ccc(F)c(C(F)(F)F)c4)cnn3c2)n1. The highest BCUT2D eigenvalue weighted by atomic mass is 19.4. The van der Waals surface area contributed by atoms with Crippen molar-refractivity contribution >= 4 is 23.1 Å². The van der Waals surface area contributed by atoms with Gasteiger partial charge in [0.15, 0.2) is 0 Å². The molecule has 3 aromatic heterocycles. The number of amides is 1. The average Bonchev–Trinajstić information content (AvgIpc) is 3.12. The number of fused-ring (bicyclic) bond motifs is 1. The van der Waals surface area contributed by atoms with E-state index in [1.807, 2.05) is 0 Å². The summed E-state index contributed by atoms with van der Waals surface area (Å²) in [5.74, 6) is -1.57. The van der Waals surface area contributed by atoms with Crippen LogP contribution in [-0.4, -0.2) is 25.5 Å². The molecule has 4 rings (SSSR count). The monoisotopic (exact) mass is 432 g/mol. The minimum Gasteiger partial charge on any atom is -0.437 e. The summed E-state index contributed by atoms with van der Waals surface area (Å²) in [6, 6.07) is 6.78. The number of nitrogen functional groups attached to an aromatic ring is 1. The Morgan fingerprint density at radius 2 is 1.97 bits per heavy atom. The van der Waals surface area contributed by atoms with Crippen LogP contribution in [0.25, 0.3) is 5.52 Å². The molecule has 4 aromatic rings. The van der Waals surface area contributed by atoms with Crippen LogP contribution < -0.4 is 15.8 Å². The van der Waals surface area contributed by atoms with Crippen LogP contribution in [0.4, 0.5) is 29.2 Å². The molecule has 12 heteroatoms. The van der Waals surface area contributed by atoms with E-state index >= 15 is 0 Å². The maximum absolute atomic E-state index is 13.4. The fraction of sp³-hybridized carbons (Fsp3) is 0.0526. The number of hydrogen-bond acceptors (Lipinski definition) is 6. The van der Waals surface area contributed by atoms with Crippen molar-refractivity contribution in [2.24, 2.45) is 0 Å². The zero-order valence-electron chi connectivity index (χ0n) is 15.4. The van der Waals surface area contributed by atoms with Gasteiger partial charge in [-0.2, -0.15) is 23.3 Å². The first-order valence-electron chi connectivity index (χ1n) is 8.62. The molecule has 0 atom stereocenters. The van der Waals surface area contributed by atoms with Crippen LogP contribution in [0.3, 0.4) is 0 Å². The van der Waals surface area contributed by atoms with Crippen molar-refractivity contribution in [3.8, 4) is 11.6 Å². The Balaban J connectivity index is 1.57. The number of hydrogen-bond donors (Lipinski definition) is 2. The second-order valence-electron chi connectivity index (χ2n) is 6.25. The Bertz CT molecular complexity index is 1290. The van der Waals surface area contributed by atoms with Gasteiger partial charge in [0.25, 0.3) is 5.91 Å². The zero-order chi connectivity index (χ0) is 22.2. The predicted octanol–water partition coefficient (Wildman–Crippen LogP) is 3.91. The van der Waals surface area contributed by atoms with Crippen LogP contribution in [-0.2, 0) is 6.18 Å². The number of nitrogens with zero attached hydrogens (tertiary/aromatic N) is 4. The molecule has 31 heavy (non-hydrogen) atoms. The first kappa shape index (κ1) is 20.1. The van der Waals surface area contributed by atoms with Gasteiger partial charge in [-0.3, -0.25) is 4.79 Å². The first-order valence-corrected chi connectivity index (χ1v) is 8.62. The molecule has 0 bridgehead atoms. The van der Waals surface area contributed by atoms with Gasteiger partial charge in [-0.15, -0.1) is 0 Å². The number of alkyl halides is 3. The maximum atomic E-state index is 13.4. The standard InChI is InChI=1S/C19H12F4N6O2/c20-14-3-1-10(7-13(14)19(21,22)23)27-17(30)12-8-26-29-9-11(2-4-15(12)29)31-16-5-6-25-18(24)28-16/h1-9H,(H,27,30)(H2,24,25,28). The molecule has 1 amide bonds.